The summed E-state index contributed by atoms with van der Waals surface area (Å²) in [5.41, 5.74) is -0.838. The normalized spacial score (nSPS) is 12.4. The number of halogens is 4. The first kappa shape index (κ1) is 20.2. The smallest absolute Gasteiger partial charge is 0.416 e. The molecule has 0 unspecified atom stereocenters. The molecule has 1 N–H and O–H groups in total. The fraction of sp³-hybridized carbons (Fsp3) is 0.222. The first-order chi connectivity index (χ1) is 13.6. The third-order valence-electron chi connectivity index (χ3n) is 4.04. The number of benzene rings is 1. The molecule has 3 rings (SSSR count). The van der Waals surface area contributed by atoms with E-state index in [1.807, 2.05) is 0 Å². The molecule has 152 valence electrons. The molecule has 29 heavy (non-hydrogen) atoms. The number of hydrogen-bond acceptors (Lipinski definition) is 5. The maximum absolute atomic E-state index is 13.0. The first-order valence-corrected chi connectivity index (χ1v) is 8.17. The number of alkyl halides is 4. The lowest BCUT2D eigenvalue weighted by Gasteiger charge is -2.09. The van der Waals surface area contributed by atoms with Crippen LogP contribution in [0.2, 0.25) is 0 Å². The van der Waals surface area contributed by atoms with Crippen LogP contribution in [0.25, 0.3) is 23.2 Å². The van der Waals surface area contributed by atoms with Crippen LogP contribution >= 0.6 is 0 Å². The highest BCUT2D eigenvalue weighted by Gasteiger charge is 2.31. The van der Waals surface area contributed by atoms with Crippen molar-refractivity contribution in [2.75, 3.05) is 0 Å². The Kier molecular flexibility index (Phi) is 5.23. The minimum absolute atomic E-state index is 0.0474. The number of carbonyl (C=O) groups is 1. The summed E-state index contributed by atoms with van der Waals surface area (Å²) in [5.74, 6) is -1.12. The van der Waals surface area contributed by atoms with Crippen LogP contribution in [0.15, 0.2) is 29.0 Å². The summed E-state index contributed by atoms with van der Waals surface area (Å²) in [6.45, 7) is 2.02. The predicted octanol–water partition coefficient (Wildman–Crippen LogP) is 4.12. The molecule has 0 fully saturated rings. The largest absolute Gasteiger partial charge is 0.478 e. The molecule has 0 amide bonds. The minimum atomic E-state index is -4.66. The number of aryl methyl sites for hydroxylation is 2. The number of rotatable bonds is 5. The molecular formula is C18H14F4N4O3. The Labute approximate surface area is 161 Å². The SMILES string of the molecule is Cc1noc(C)c1/C(=C\n1cnc(-c2cc(CF)cc(C(F)(F)F)c2)n1)C(=O)O. The molecule has 7 nitrogen and oxygen atoms in total. The maximum Gasteiger partial charge on any atom is 0.416 e. The Hall–Kier alpha value is -3.50. The molecule has 0 aliphatic rings. The van der Waals surface area contributed by atoms with E-state index in [1.165, 1.54) is 6.07 Å². The van der Waals surface area contributed by atoms with Gasteiger partial charge in [0.1, 0.15) is 18.8 Å². The van der Waals surface area contributed by atoms with Crippen molar-refractivity contribution in [1.29, 1.82) is 0 Å². The highest BCUT2D eigenvalue weighted by Crippen LogP contribution is 2.33. The van der Waals surface area contributed by atoms with Gasteiger partial charge in [0.15, 0.2) is 5.82 Å². The Morgan fingerprint density at radius 2 is 2.00 bits per heavy atom. The van der Waals surface area contributed by atoms with Crippen LogP contribution in [0.1, 0.15) is 28.1 Å². The third-order valence-corrected chi connectivity index (χ3v) is 4.04. The lowest BCUT2D eigenvalue weighted by Crippen LogP contribution is -2.06. The van der Waals surface area contributed by atoms with Crippen molar-refractivity contribution in [3.8, 4) is 11.4 Å². The monoisotopic (exact) mass is 410 g/mol. The van der Waals surface area contributed by atoms with Crippen LogP contribution in [0.4, 0.5) is 17.6 Å². The average molecular weight is 410 g/mol. The summed E-state index contributed by atoms with van der Waals surface area (Å²) < 4.78 is 58.1. The van der Waals surface area contributed by atoms with E-state index in [1.54, 1.807) is 13.8 Å². The van der Waals surface area contributed by atoms with Gasteiger partial charge in [-0.15, -0.1) is 5.10 Å². The minimum Gasteiger partial charge on any atom is -0.478 e. The van der Waals surface area contributed by atoms with Crippen LogP contribution in [0.3, 0.4) is 0 Å². The Morgan fingerprint density at radius 1 is 1.28 bits per heavy atom. The number of aliphatic carboxylic acids is 1. The van der Waals surface area contributed by atoms with Crippen molar-refractivity contribution >= 4 is 17.7 Å². The van der Waals surface area contributed by atoms with Crippen LogP contribution in [-0.4, -0.2) is 31.0 Å². The highest BCUT2D eigenvalue weighted by molar-refractivity contribution is 6.19. The van der Waals surface area contributed by atoms with Crippen molar-refractivity contribution in [1.82, 2.24) is 19.9 Å². The van der Waals surface area contributed by atoms with E-state index in [2.05, 4.69) is 15.2 Å². The lowest BCUT2D eigenvalue weighted by molar-refractivity contribution is -0.137. The van der Waals surface area contributed by atoms with Gasteiger partial charge in [-0.25, -0.2) is 18.9 Å². The summed E-state index contributed by atoms with van der Waals surface area (Å²) in [5, 5.41) is 17.2. The Morgan fingerprint density at radius 3 is 2.55 bits per heavy atom. The molecule has 11 heteroatoms. The van der Waals surface area contributed by atoms with Gasteiger partial charge in [-0.05, 0) is 37.6 Å². The molecule has 1 aromatic carbocycles. The van der Waals surface area contributed by atoms with Gasteiger partial charge in [-0.2, -0.15) is 13.2 Å². The number of carboxylic acid groups (broad SMARTS) is 1. The second kappa shape index (κ2) is 7.49. The van der Waals surface area contributed by atoms with Crippen LogP contribution in [-0.2, 0) is 17.6 Å². The fourth-order valence-corrected chi connectivity index (χ4v) is 2.76. The molecule has 0 bridgehead atoms. The molecular weight excluding hydrogens is 396 g/mol. The zero-order valence-corrected chi connectivity index (χ0v) is 15.2. The molecule has 0 radical (unpaired) electrons. The predicted molar refractivity (Wildman–Crippen MR) is 93.1 cm³/mol. The standard InChI is InChI=1S/C18H14F4N4O3/c1-9-15(10(2)29-25-9)14(17(27)28)7-26-8-23-16(24-26)12-3-11(6-19)4-13(5-12)18(20,21)22/h3-5,7-8H,6H2,1-2H3,(H,27,28)/b14-7+. The second-order valence-corrected chi connectivity index (χ2v) is 6.15. The van der Waals surface area contributed by atoms with Gasteiger partial charge in [-0.1, -0.05) is 5.16 Å². The number of aromatic nitrogens is 4. The lowest BCUT2D eigenvalue weighted by atomic mass is 10.1. The quantitative estimate of drug-likeness (QED) is 0.502. The van der Waals surface area contributed by atoms with Gasteiger partial charge >= 0.3 is 12.1 Å². The molecule has 3 aromatic rings. The molecule has 2 aromatic heterocycles. The molecule has 0 aliphatic carbocycles. The number of carboxylic acids is 1. The van der Waals surface area contributed by atoms with Crippen molar-refractivity contribution in [3.63, 3.8) is 0 Å². The molecule has 0 atom stereocenters. The fourth-order valence-electron chi connectivity index (χ4n) is 2.76. The van der Waals surface area contributed by atoms with E-state index in [0.717, 1.165) is 23.3 Å². The van der Waals surface area contributed by atoms with E-state index >= 15 is 0 Å². The number of nitrogens with zero attached hydrogens (tertiary/aromatic N) is 4. The first-order valence-electron chi connectivity index (χ1n) is 8.17. The molecule has 0 saturated carbocycles. The summed E-state index contributed by atoms with van der Waals surface area (Å²) in [7, 11) is 0. The molecule has 0 aliphatic heterocycles. The summed E-state index contributed by atoms with van der Waals surface area (Å²) in [6, 6.07) is 2.71. The van der Waals surface area contributed by atoms with Gasteiger partial charge in [0.2, 0.25) is 0 Å². The van der Waals surface area contributed by atoms with Crippen LogP contribution in [0.5, 0.6) is 0 Å². The van der Waals surface area contributed by atoms with Gasteiger partial charge in [-0.3, -0.25) is 0 Å². The summed E-state index contributed by atoms with van der Waals surface area (Å²) in [4.78, 5) is 15.6. The highest BCUT2D eigenvalue weighted by atomic mass is 19.4. The van der Waals surface area contributed by atoms with E-state index in [4.69, 9.17) is 4.52 Å². The van der Waals surface area contributed by atoms with Gasteiger partial charge in [0, 0.05) is 11.8 Å². The Balaban J connectivity index is 2.05. The van der Waals surface area contributed by atoms with Crippen molar-refractivity contribution in [2.24, 2.45) is 0 Å². The summed E-state index contributed by atoms with van der Waals surface area (Å²) >= 11 is 0. The molecule has 0 saturated heterocycles. The van der Waals surface area contributed by atoms with Gasteiger partial charge in [0.25, 0.3) is 0 Å². The van der Waals surface area contributed by atoms with Crippen LogP contribution in [0, 0.1) is 13.8 Å². The number of hydrogen-bond donors (Lipinski definition) is 1. The molecule has 0 spiro atoms. The second-order valence-electron chi connectivity index (χ2n) is 6.15. The topological polar surface area (TPSA) is 94.0 Å². The van der Waals surface area contributed by atoms with Crippen LogP contribution < -0.4 is 0 Å². The maximum atomic E-state index is 13.0. The van der Waals surface area contributed by atoms with Crippen molar-refractivity contribution < 1.29 is 32.0 Å². The Bertz CT molecular complexity index is 1080. The van der Waals surface area contributed by atoms with Crippen molar-refractivity contribution in [2.45, 2.75) is 26.7 Å². The van der Waals surface area contributed by atoms with E-state index in [9.17, 15) is 27.5 Å². The summed E-state index contributed by atoms with van der Waals surface area (Å²) in [6.07, 6.45) is -2.40. The van der Waals surface area contributed by atoms with E-state index < -0.39 is 24.4 Å². The van der Waals surface area contributed by atoms with Gasteiger partial charge < -0.3 is 9.63 Å². The average Bonchev–Trinajstić information content (AvgIpc) is 3.25. The van der Waals surface area contributed by atoms with Crippen molar-refractivity contribution in [3.05, 3.63) is 52.7 Å². The zero-order valence-electron chi connectivity index (χ0n) is 15.2. The van der Waals surface area contributed by atoms with E-state index in [0.29, 0.717) is 11.8 Å². The molecule has 2 heterocycles. The van der Waals surface area contributed by atoms with Gasteiger partial charge in [0.05, 0.1) is 22.4 Å². The zero-order chi connectivity index (χ0) is 21.3. The van der Waals surface area contributed by atoms with E-state index in [-0.39, 0.29) is 33.8 Å². The third kappa shape index (κ3) is 4.18.